The molecule has 0 aliphatic heterocycles. The predicted octanol–water partition coefficient (Wildman–Crippen LogP) is 9.93. The second kappa shape index (κ2) is 8.17. The van der Waals surface area contributed by atoms with E-state index in [9.17, 15) is 0 Å². The first-order valence-corrected chi connectivity index (χ1v) is 13.1. The van der Waals surface area contributed by atoms with Crippen molar-refractivity contribution in [2.24, 2.45) is 0 Å². The molecule has 3 heteroatoms. The number of nitrogens with zero attached hydrogens (tertiary/aromatic N) is 2. The number of fused-ring (bicyclic) bond motifs is 10. The Morgan fingerprint density at radius 2 is 1.08 bits per heavy atom. The van der Waals surface area contributed by atoms with Gasteiger partial charge >= 0.3 is 0 Å². The minimum absolute atomic E-state index is 0.713. The zero-order valence-electron chi connectivity index (χ0n) is 20.4. The van der Waals surface area contributed by atoms with Crippen LogP contribution in [0.3, 0.4) is 0 Å². The SMILES string of the molecule is Clc1ccc2c(c1)c(-c1ccccc1)c(-c1ccccc1)n1c2nc2c3ccccc3c3ccccc3c21. The number of pyridine rings is 1. The van der Waals surface area contributed by atoms with E-state index in [0.29, 0.717) is 5.02 Å². The zero-order valence-corrected chi connectivity index (χ0v) is 21.2. The molecule has 38 heavy (non-hydrogen) atoms. The van der Waals surface area contributed by atoms with Gasteiger partial charge in [0.15, 0.2) is 0 Å². The Labute approximate surface area is 224 Å². The minimum Gasteiger partial charge on any atom is -0.290 e. The molecule has 0 saturated heterocycles. The highest BCUT2D eigenvalue weighted by atomic mass is 35.5. The van der Waals surface area contributed by atoms with Gasteiger partial charge in [0.25, 0.3) is 0 Å². The van der Waals surface area contributed by atoms with Crippen LogP contribution in [0.5, 0.6) is 0 Å². The van der Waals surface area contributed by atoms with E-state index >= 15 is 0 Å². The topological polar surface area (TPSA) is 17.3 Å². The van der Waals surface area contributed by atoms with Crippen molar-refractivity contribution in [3.63, 3.8) is 0 Å². The van der Waals surface area contributed by atoms with Crippen molar-refractivity contribution in [1.29, 1.82) is 0 Å². The lowest BCUT2D eigenvalue weighted by atomic mass is 9.93. The highest BCUT2D eigenvalue weighted by Gasteiger charge is 2.23. The fourth-order valence-electron chi connectivity index (χ4n) is 6.03. The summed E-state index contributed by atoms with van der Waals surface area (Å²) in [6, 6.07) is 44.7. The molecule has 0 fully saturated rings. The van der Waals surface area contributed by atoms with Crippen LogP contribution in [0.4, 0.5) is 0 Å². The van der Waals surface area contributed by atoms with Crippen molar-refractivity contribution in [2.45, 2.75) is 0 Å². The molecule has 8 aromatic rings. The second-order valence-electron chi connectivity index (χ2n) is 9.70. The number of rotatable bonds is 2. The van der Waals surface area contributed by atoms with E-state index in [1.165, 1.54) is 16.2 Å². The van der Waals surface area contributed by atoms with E-state index in [2.05, 4.69) is 126 Å². The summed E-state index contributed by atoms with van der Waals surface area (Å²) in [6.45, 7) is 0. The molecule has 0 N–H and O–H groups in total. The van der Waals surface area contributed by atoms with E-state index in [1.54, 1.807) is 0 Å². The molecular weight excluding hydrogens is 484 g/mol. The average molecular weight is 505 g/mol. The van der Waals surface area contributed by atoms with Gasteiger partial charge in [-0.2, -0.15) is 0 Å². The lowest BCUT2D eigenvalue weighted by Gasteiger charge is -2.18. The van der Waals surface area contributed by atoms with Crippen LogP contribution in [-0.4, -0.2) is 9.38 Å². The Balaban J connectivity index is 1.75. The highest BCUT2D eigenvalue weighted by molar-refractivity contribution is 6.32. The largest absolute Gasteiger partial charge is 0.290 e. The van der Waals surface area contributed by atoms with E-state index in [4.69, 9.17) is 16.6 Å². The molecule has 2 aromatic heterocycles. The Morgan fingerprint density at radius 3 is 1.79 bits per heavy atom. The van der Waals surface area contributed by atoms with Crippen LogP contribution in [0.1, 0.15) is 0 Å². The van der Waals surface area contributed by atoms with Crippen LogP contribution in [0.15, 0.2) is 127 Å². The smallest absolute Gasteiger partial charge is 0.146 e. The highest BCUT2D eigenvalue weighted by Crippen LogP contribution is 2.44. The summed E-state index contributed by atoms with van der Waals surface area (Å²) in [5, 5.41) is 7.69. The summed E-state index contributed by atoms with van der Waals surface area (Å²) in [5.74, 6) is 0. The van der Waals surface area contributed by atoms with E-state index in [0.717, 1.165) is 55.2 Å². The number of hydrogen-bond acceptors (Lipinski definition) is 1. The molecule has 0 radical (unpaired) electrons. The fraction of sp³-hybridized carbons (Fsp3) is 0. The van der Waals surface area contributed by atoms with Gasteiger partial charge in [-0.25, -0.2) is 4.98 Å². The predicted molar refractivity (Wildman–Crippen MR) is 161 cm³/mol. The molecule has 0 aliphatic carbocycles. The van der Waals surface area contributed by atoms with Gasteiger partial charge in [-0.15, -0.1) is 0 Å². The summed E-state index contributed by atoms with van der Waals surface area (Å²) in [4.78, 5) is 5.39. The number of imidazole rings is 1. The van der Waals surface area contributed by atoms with Gasteiger partial charge in [-0.1, -0.05) is 121 Å². The molecule has 0 aliphatic rings. The Bertz CT molecular complexity index is 2180. The number of halogens is 1. The maximum atomic E-state index is 6.64. The quantitative estimate of drug-likeness (QED) is 0.214. The normalized spacial score (nSPS) is 11.8. The van der Waals surface area contributed by atoms with Gasteiger partial charge in [0, 0.05) is 26.7 Å². The maximum absolute atomic E-state index is 6.64. The summed E-state index contributed by atoms with van der Waals surface area (Å²) in [7, 11) is 0. The van der Waals surface area contributed by atoms with E-state index in [1.807, 2.05) is 6.07 Å². The Hall–Kier alpha value is -4.66. The molecule has 6 aromatic carbocycles. The molecular formula is C35H21ClN2. The van der Waals surface area contributed by atoms with Gasteiger partial charge in [0.1, 0.15) is 5.65 Å². The standard InChI is InChI=1S/C35H21ClN2/c36-24-19-20-29-30(21-24)31(22-11-3-1-4-12-22)33(23-13-5-2-6-14-23)38-34-28-18-10-8-16-26(28)25-15-7-9-17-27(25)32(34)37-35(29)38/h1-21H. The first-order chi connectivity index (χ1) is 18.8. The van der Waals surface area contributed by atoms with Crippen molar-refractivity contribution >= 4 is 60.6 Å². The monoisotopic (exact) mass is 504 g/mol. The van der Waals surface area contributed by atoms with Crippen molar-refractivity contribution in [3.05, 3.63) is 132 Å². The first-order valence-electron chi connectivity index (χ1n) is 12.8. The first kappa shape index (κ1) is 21.4. The summed E-state index contributed by atoms with van der Waals surface area (Å²) in [6.07, 6.45) is 0. The lowest BCUT2D eigenvalue weighted by Crippen LogP contribution is -1.99. The molecule has 2 heterocycles. The van der Waals surface area contributed by atoms with Gasteiger partial charge in [0.2, 0.25) is 0 Å². The molecule has 8 rings (SSSR count). The van der Waals surface area contributed by atoms with Crippen LogP contribution in [0.2, 0.25) is 5.02 Å². The van der Waals surface area contributed by atoms with Crippen LogP contribution in [0.25, 0.3) is 71.4 Å². The van der Waals surface area contributed by atoms with Crippen LogP contribution < -0.4 is 0 Å². The lowest BCUT2D eigenvalue weighted by molar-refractivity contribution is 1.25. The van der Waals surface area contributed by atoms with Gasteiger partial charge < -0.3 is 0 Å². The summed E-state index contributed by atoms with van der Waals surface area (Å²) < 4.78 is 2.39. The van der Waals surface area contributed by atoms with E-state index < -0.39 is 0 Å². The van der Waals surface area contributed by atoms with Gasteiger partial charge in [-0.3, -0.25) is 4.40 Å². The molecule has 0 amide bonds. The Morgan fingerprint density at radius 1 is 0.500 bits per heavy atom. The zero-order chi connectivity index (χ0) is 25.2. The molecule has 2 nitrogen and oxygen atoms in total. The van der Waals surface area contributed by atoms with Crippen LogP contribution in [-0.2, 0) is 0 Å². The molecule has 0 spiro atoms. The van der Waals surface area contributed by atoms with Gasteiger partial charge in [-0.05, 0) is 45.5 Å². The van der Waals surface area contributed by atoms with Gasteiger partial charge in [0.05, 0.1) is 16.7 Å². The average Bonchev–Trinajstić information content (AvgIpc) is 3.38. The molecule has 178 valence electrons. The molecule has 0 unspecified atom stereocenters. The molecule has 0 bridgehead atoms. The third-order valence-corrected chi connectivity index (χ3v) is 7.83. The van der Waals surface area contributed by atoms with Crippen LogP contribution in [0, 0.1) is 0 Å². The number of benzene rings is 6. The van der Waals surface area contributed by atoms with Crippen molar-refractivity contribution in [2.75, 3.05) is 0 Å². The third-order valence-electron chi connectivity index (χ3n) is 7.59. The summed E-state index contributed by atoms with van der Waals surface area (Å²) in [5.41, 5.74) is 7.62. The number of aromatic nitrogens is 2. The van der Waals surface area contributed by atoms with Crippen LogP contribution >= 0.6 is 11.6 Å². The Kier molecular flexibility index (Phi) is 4.61. The number of hydrogen-bond donors (Lipinski definition) is 0. The third kappa shape index (κ3) is 2.98. The molecule has 0 saturated carbocycles. The van der Waals surface area contributed by atoms with Crippen molar-refractivity contribution in [3.8, 4) is 22.4 Å². The van der Waals surface area contributed by atoms with Crippen molar-refractivity contribution in [1.82, 2.24) is 9.38 Å². The summed E-state index contributed by atoms with van der Waals surface area (Å²) >= 11 is 6.64. The van der Waals surface area contributed by atoms with E-state index in [-0.39, 0.29) is 0 Å². The minimum atomic E-state index is 0.713. The second-order valence-corrected chi connectivity index (χ2v) is 10.1. The van der Waals surface area contributed by atoms with Crippen molar-refractivity contribution < 1.29 is 0 Å². The maximum Gasteiger partial charge on any atom is 0.146 e. The fourth-order valence-corrected chi connectivity index (χ4v) is 6.20. The molecule has 0 atom stereocenters.